The minimum Gasteiger partial charge on any atom is -0.497 e. The van der Waals surface area contributed by atoms with Crippen LogP contribution < -0.4 is 24.3 Å². The molecule has 2 heterocycles. The number of nitrogens with one attached hydrogen (secondary N) is 1. The van der Waals surface area contributed by atoms with Crippen LogP contribution in [0.1, 0.15) is 38.7 Å². The smallest absolute Gasteiger partial charge is 0.259 e. The Morgan fingerprint density at radius 1 is 0.929 bits per heavy atom. The van der Waals surface area contributed by atoms with Gasteiger partial charge in [0.15, 0.2) is 0 Å². The number of fused-ring (bicyclic) bond motifs is 1. The third-order valence-electron chi connectivity index (χ3n) is 7.16. The molecule has 1 unspecified atom stereocenters. The number of carbonyl (C=O) groups excluding carboxylic acids is 1. The number of pyridine rings is 1. The van der Waals surface area contributed by atoms with Gasteiger partial charge in [0, 0.05) is 56.6 Å². The van der Waals surface area contributed by atoms with Gasteiger partial charge in [0.25, 0.3) is 5.91 Å². The first-order valence-corrected chi connectivity index (χ1v) is 14.1. The molecule has 1 aliphatic rings. The highest BCUT2D eigenvalue weighted by molar-refractivity contribution is 9.10. The van der Waals surface area contributed by atoms with E-state index in [0.29, 0.717) is 61.5 Å². The average Bonchev–Trinajstić information content (AvgIpc) is 3.30. The van der Waals surface area contributed by atoms with Gasteiger partial charge in [0.1, 0.15) is 34.6 Å². The maximum Gasteiger partial charge on any atom is 0.259 e. The van der Waals surface area contributed by atoms with Crippen molar-refractivity contribution in [2.24, 2.45) is 0 Å². The summed E-state index contributed by atoms with van der Waals surface area (Å²) in [5.41, 5.74) is 3.00. The Bertz CT molecular complexity index is 1650. The number of rotatable bonds is 10. The second kappa shape index (κ2) is 12.5. The zero-order valence-electron chi connectivity index (χ0n) is 23.3. The molecule has 0 spiro atoms. The number of aromatic nitrogens is 1. The molecule has 0 saturated carbocycles. The molecule has 0 aliphatic carbocycles. The van der Waals surface area contributed by atoms with Gasteiger partial charge in [0.05, 0.1) is 46.6 Å². The molecular formula is C31H28BrClFN3O5. The minimum atomic E-state index is -0.712. The maximum atomic E-state index is 14.6. The van der Waals surface area contributed by atoms with E-state index in [4.69, 9.17) is 30.5 Å². The molecule has 0 fully saturated rings. The number of anilines is 1. The van der Waals surface area contributed by atoms with Crippen molar-refractivity contribution >= 4 is 39.3 Å². The quantitative estimate of drug-likeness (QED) is 0.196. The highest BCUT2D eigenvalue weighted by Crippen LogP contribution is 2.47. The molecule has 1 aliphatic heterocycles. The van der Waals surface area contributed by atoms with Crippen LogP contribution >= 0.6 is 27.5 Å². The summed E-state index contributed by atoms with van der Waals surface area (Å²) < 4.78 is 37.0. The van der Waals surface area contributed by atoms with Crippen molar-refractivity contribution in [3.8, 4) is 23.0 Å². The Kier molecular flexibility index (Phi) is 8.74. The first-order chi connectivity index (χ1) is 20.3. The molecule has 4 aromatic rings. The lowest BCUT2D eigenvalue weighted by Gasteiger charge is -2.27. The topological polar surface area (TPSA) is 82.2 Å². The van der Waals surface area contributed by atoms with Crippen LogP contribution in [0.3, 0.4) is 0 Å². The van der Waals surface area contributed by atoms with Gasteiger partial charge >= 0.3 is 0 Å². The number of hydrogen-bond acceptors (Lipinski definition) is 7. The van der Waals surface area contributed by atoms with E-state index in [0.717, 1.165) is 11.1 Å². The second-order valence-corrected chi connectivity index (χ2v) is 10.7. The van der Waals surface area contributed by atoms with Gasteiger partial charge in [-0.2, -0.15) is 0 Å². The zero-order chi connectivity index (χ0) is 30.0. The van der Waals surface area contributed by atoms with Crippen molar-refractivity contribution in [3.63, 3.8) is 0 Å². The van der Waals surface area contributed by atoms with Crippen LogP contribution in [0, 0.1) is 5.82 Å². The fourth-order valence-electron chi connectivity index (χ4n) is 5.09. The highest BCUT2D eigenvalue weighted by Gasteiger charge is 2.43. The van der Waals surface area contributed by atoms with E-state index in [2.05, 4.69) is 26.2 Å². The van der Waals surface area contributed by atoms with Crippen molar-refractivity contribution in [2.45, 2.75) is 19.1 Å². The predicted octanol–water partition coefficient (Wildman–Crippen LogP) is 7.03. The maximum absolute atomic E-state index is 14.6. The molecule has 1 atom stereocenters. The summed E-state index contributed by atoms with van der Waals surface area (Å²) in [5.74, 6) is 2.05. The first kappa shape index (κ1) is 29.5. The molecule has 8 nitrogen and oxygen atoms in total. The summed E-state index contributed by atoms with van der Waals surface area (Å²) in [6.45, 7) is 0.468. The molecule has 0 radical (unpaired) electrons. The third kappa shape index (κ3) is 5.56. The number of amides is 1. The van der Waals surface area contributed by atoms with Crippen LogP contribution in [0.5, 0.6) is 23.0 Å². The summed E-state index contributed by atoms with van der Waals surface area (Å²) in [6.07, 6.45) is 1.62. The van der Waals surface area contributed by atoms with Crippen molar-refractivity contribution in [1.29, 1.82) is 0 Å². The Hall–Kier alpha value is -4.02. The Morgan fingerprint density at radius 3 is 2.21 bits per heavy atom. The van der Waals surface area contributed by atoms with Gasteiger partial charge in [-0.05, 0) is 58.4 Å². The summed E-state index contributed by atoms with van der Waals surface area (Å²) in [5, 5.41) is 3.63. The highest BCUT2D eigenvalue weighted by atomic mass is 79.9. The lowest BCUT2D eigenvalue weighted by atomic mass is 9.98. The number of methoxy groups -OCH3 is 4. The Labute approximate surface area is 256 Å². The van der Waals surface area contributed by atoms with Crippen molar-refractivity contribution in [1.82, 2.24) is 9.88 Å². The second-order valence-electron chi connectivity index (χ2n) is 9.45. The Morgan fingerprint density at radius 2 is 1.57 bits per heavy atom. The van der Waals surface area contributed by atoms with Crippen LogP contribution in [-0.2, 0) is 13.1 Å². The molecule has 42 heavy (non-hydrogen) atoms. The predicted molar refractivity (Wildman–Crippen MR) is 161 cm³/mol. The van der Waals surface area contributed by atoms with Crippen molar-refractivity contribution in [2.75, 3.05) is 33.8 Å². The number of halogens is 3. The molecule has 11 heteroatoms. The summed E-state index contributed by atoms with van der Waals surface area (Å²) in [4.78, 5) is 20.5. The molecule has 218 valence electrons. The monoisotopic (exact) mass is 655 g/mol. The van der Waals surface area contributed by atoms with E-state index in [1.165, 1.54) is 18.2 Å². The van der Waals surface area contributed by atoms with Gasteiger partial charge in [-0.15, -0.1) is 0 Å². The molecule has 1 amide bonds. The van der Waals surface area contributed by atoms with Crippen LogP contribution in [0.4, 0.5) is 10.2 Å². The van der Waals surface area contributed by atoms with Crippen LogP contribution in [0.15, 0.2) is 65.3 Å². The number of benzene rings is 3. The Balaban J connectivity index is 1.60. The molecule has 1 aromatic heterocycles. The summed E-state index contributed by atoms with van der Waals surface area (Å²) in [7, 11) is 6.28. The van der Waals surface area contributed by atoms with Gasteiger partial charge in [-0.1, -0.05) is 11.6 Å². The molecule has 0 saturated heterocycles. The summed E-state index contributed by atoms with van der Waals surface area (Å²) >= 11 is 10.2. The molecule has 0 bridgehead atoms. The molecule has 3 aromatic carbocycles. The van der Waals surface area contributed by atoms with Gasteiger partial charge in [-0.25, -0.2) is 9.37 Å². The van der Waals surface area contributed by atoms with Crippen LogP contribution in [0.25, 0.3) is 0 Å². The van der Waals surface area contributed by atoms with Gasteiger partial charge in [-0.3, -0.25) is 4.79 Å². The zero-order valence-corrected chi connectivity index (χ0v) is 25.7. The largest absolute Gasteiger partial charge is 0.497 e. The number of ether oxygens (including phenoxy) is 4. The fourth-order valence-corrected chi connectivity index (χ4v) is 5.83. The lowest BCUT2D eigenvalue weighted by molar-refractivity contribution is 0.0735. The third-order valence-corrected chi connectivity index (χ3v) is 8.13. The van der Waals surface area contributed by atoms with Gasteiger partial charge in [0.2, 0.25) is 0 Å². The number of carbonyl (C=O) groups is 1. The van der Waals surface area contributed by atoms with Crippen LogP contribution in [-0.4, -0.2) is 44.2 Å². The van der Waals surface area contributed by atoms with Crippen molar-refractivity contribution in [3.05, 3.63) is 104 Å². The lowest BCUT2D eigenvalue weighted by Crippen LogP contribution is -2.29. The van der Waals surface area contributed by atoms with E-state index in [1.807, 2.05) is 18.2 Å². The van der Waals surface area contributed by atoms with E-state index in [9.17, 15) is 9.18 Å². The first-order valence-electron chi connectivity index (χ1n) is 12.9. The summed E-state index contributed by atoms with van der Waals surface area (Å²) in [6, 6.07) is 14.3. The number of hydrogen-bond donors (Lipinski definition) is 1. The van der Waals surface area contributed by atoms with E-state index in [1.54, 1.807) is 57.7 Å². The molecule has 1 N–H and O–H groups in total. The average molecular weight is 657 g/mol. The normalized spacial score (nSPS) is 14.0. The minimum absolute atomic E-state index is 0.149. The van der Waals surface area contributed by atoms with Crippen LogP contribution in [0.2, 0.25) is 5.02 Å². The van der Waals surface area contributed by atoms with Crippen molar-refractivity contribution < 1.29 is 28.1 Å². The SMILES string of the molecule is COc1ccc(CNc2ncc(Br)c3c2C(=O)N(Cc2ccc(OC)cc2OC)C3c2cc(F)ccc2Cl)c(OC)c1. The van der Waals surface area contributed by atoms with E-state index >= 15 is 0 Å². The van der Waals surface area contributed by atoms with Gasteiger partial charge < -0.3 is 29.2 Å². The fraction of sp³-hybridized carbons (Fsp3) is 0.226. The van der Waals surface area contributed by atoms with E-state index < -0.39 is 11.9 Å². The number of nitrogens with zero attached hydrogens (tertiary/aromatic N) is 2. The molecule has 5 rings (SSSR count). The standard InChI is InChI=1S/C31H28BrClFN3O5/c1-39-20-8-5-17(25(12-20)41-3)14-35-30-28-27(23(32)15-36-30)29(22-11-19(34)7-10-24(22)33)37(31(28)38)16-18-6-9-21(40-2)13-26(18)42-4/h5-13,15,29H,14,16H2,1-4H3,(H,35,36). The van der Waals surface area contributed by atoms with E-state index in [-0.39, 0.29) is 12.5 Å². The molecular weight excluding hydrogens is 629 g/mol.